The number of benzene rings is 2. The number of fused-ring (bicyclic) bond motifs is 1. The molecule has 2 heterocycles. The summed E-state index contributed by atoms with van der Waals surface area (Å²) in [6, 6.07) is 12.9. The van der Waals surface area contributed by atoms with Gasteiger partial charge in [0.15, 0.2) is 0 Å². The van der Waals surface area contributed by atoms with E-state index in [0.29, 0.717) is 23.6 Å². The Kier molecular flexibility index (Phi) is 5.01. The minimum Gasteiger partial charge on any atom is -0.374 e. The molecule has 3 aromatic rings. The third-order valence-electron chi connectivity index (χ3n) is 5.57. The summed E-state index contributed by atoms with van der Waals surface area (Å²) in [5.41, 5.74) is 3.09. The Hall–Kier alpha value is -2.92. The molecule has 0 bridgehead atoms. The van der Waals surface area contributed by atoms with Gasteiger partial charge in [-0.05, 0) is 54.8 Å². The largest absolute Gasteiger partial charge is 0.374 e. The number of rotatable bonds is 4. The normalized spacial score (nSPS) is 18.8. The Balaban J connectivity index is 1.77. The van der Waals surface area contributed by atoms with Gasteiger partial charge in [0.05, 0.1) is 17.3 Å². The topological polar surface area (TPSA) is 45.2 Å². The number of carbonyl (C=O) groups excluding carboxylic acids is 1. The zero-order chi connectivity index (χ0) is 20.6. The van der Waals surface area contributed by atoms with E-state index in [9.17, 15) is 9.18 Å². The molecule has 1 aliphatic heterocycles. The summed E-state index contributed by atoms with van der Waals surface area (Å²) < 4.78 is 13.4. The van der Waals surface area contributed by atoms with Crippen molar-refractivity contribution in [3.05, 3.63) is 83.3 Å². The highest BCUT2D eigenvalue weighted by Gasteiger charge is 2.42. The minimum absolute atomic E-state index is 0.0935. The fraction of sp³-hybridized carbons (Fsp3) is 0.217. The maximum absolute atomic E-state index is 13.4. The highest BCUT2D eigenvalue weighted by atomic mass is 35.5. The number of halogens is 2. The van der Waals surface area contributed by atoms with Crippen molar-refractivity contribution in [2.45, 2.75) is 18.9 Å². The van der Waals surface area contributed by atoms with Crippen LogP contribution in [0.3, 0.4) is 0 Å². The number of aromatic nitrogens is 1. The standard InChI is InChI=1S/C23H21ClFN3O/c1-3-22(29)28-10-9-23(14-28,19-5-4-6-20(24)15(19)2)27-18-8-7-16-11-17(25)13-26-21(16)12-18/h3-8,11-13,27H,1,9-10,14H2,2H3/t23-/m1/s1. The van der Waals surface area contributed by atoms with Crippen LogP contribution in [0.4, 0.5) is 10.1 Å². The smallest absolute Gasteiger partial charge is 0.246 e. The van der Waals surface area contributed by atoms with Gasteiger partial charge in [-0.3, -0.25) is 9.78 Å². The van der Waals surface area contributed by atoms with E-state index in [1.54, 1.807) is 4.90 Å². The summed E-state index contributed by atoms with van der Waals surface area (Å²) in [4.78, 5) is 18.2. The maximum Gasteiger partial charge on any atom is 0.246 e. The monoisotopic (exact) mass is 409 g/mol. The SMILES string of the molecule is C=CC(=O)N1CC[C@](Nc2ccc3cc(F)cnc3c2)(c2cccc(Cl)c2C)C1. The highest BCUT2D eigenvalue weighted by Crippen LogP contribution is 2.39. The molecule has 1 atom stereocenters. The molecule has 6 heteroatoms. The molecular weight excluding hydrogens is 389 g/mol. The van der Waals surface area contributed by atoms with Gasteiger partial charge in [-0.25, -0.2) is 4.39 Å². The van der Waals surface area contributed by atoms with Gasteiger partial charge in [0.25, 0.3) is 0 Å². The zero-order valence-corrected chi connectivity index (χ0v) is 16.8. The van der Waals surface area contributed by atoms with Crippen molar-refractivity contribution in [3.8, 4) is 0 Å². The maximum atomic E-state index is 13.4. The van der Waals surface area contributed by atoms with Gasteiger partial charge in [0, 0.05) is 29.2 Å². The summed E-state index contributed by atoms with van der Waals surface area (Å²) in [6.45, 7) is 6.71. The number of amides is 1. The molecular formula is C23H21ClFN3O. The van der Waals surface area contributed by atoms with Gasteiger partial charge < -0.3 is 10.2 Å². The van der Waals surface area contributed by atoms with E-state index < -0.39 is 5.54 Å². The van der Waals surface area contributed by atoms with E-state index in [1.165, 1.54) is 18.3 Å². The van der Waals surface area contributed by atoms with Crippen LogP contribution < -0.4 is 5.32 Å². The number of nitrogens with zero attached hydrogens (tertiary/aromatic N) is 2. The van der Waals surface area contributed by atoms with Gasteiger partial charge in [0.1, 0.15) is 5.82 Å². The van der Waals surface area contributed by atoms with E-state index >= 15 is 0 Å². The fourth-order valence-electron chi connectivity index (χ4n) is 4.09. The second-order valence-electron chi connectivity index (χ2n) is 7.39. The Morgan fingerprint density at radius 1 is 1.34 bits per heavy atom. The van der Waals surface area contributed by atoms with Gasteiger partial charge in [-0.15, -0.1) is 0 Å². The summed E-state index contributed by atoms with van der Waals surface area (Å²) >= 11 is 6.41. The zero-order valence-electron chi connectivity index (χ0n) is 16.1. The van der Waals surface area contributed by atoms with Crippen molar-refractivity contribution in [1.29, 1.82) is 0 Å². The molecule has 1 aromatic heterocycles. The van der Waals surface area contributed by atoms with Gasteiger partial charge in [0.2, 0.25) is 5.91 Å². The number of likely N-dealkylation sites (tertiary alicyclic amines) is 1. The molecule has 1 fully saturated rings. The van der Waals surface area contributed by atoms with Crippen LogP contribution in [0.1, 0.15) is 17.5 Å². The molecule has 1 amide bonds. The molecule has 0 saturated carbocycles. The van der Waals surface area contributed by atoms with E-state index in [2.05, 4.69) is 16.9 Å². The predicted molar refractivity (Wildman–Crippen MR) is 115 cm³/mol. The van der Waals surface area contributed by atoms with Crippen molar-refractivity contribution in [1.82, 2.24) is 9.88 Å². The molecule has 29 heavy (non-hydrogen) atoms. The second kappa shape index (κ2) is 7.48. The summed E-state index contributed by atoms with van der Waals surface area (Å²) in [7, 11) is 0. The van der Waals surface area contributed by atoms with Crippen molar-refractivity contribution in [3.63, 3.8) is 0 Å². The third-order valence-corrected chi connectivity index (χ3v) is 5.98. The lowest BCUT2D eigenvalue weighted by Gasteiger charge is -2.34. The molecule has 0 aliphatic carbocycles. The summed E-state index contributed by atoms with van der Waals surface area (Å²) in [5, 5.41) is 5.06. The molecule has 2 aromatic carbocycles. The van der Waals surface area contributed by atoms with Crippen LogP contribution in [-0.2, 0) is 10.3 Å². The molecule has 4 rings (SSSR count). The number of pyridine rings is 1. The molecule has 1 N–H and O–H groups in total. The first kappa shape index (κ1) is 19.4. The van der Waals surface area contributed by atoms with Crippen LogP contribution in [0.5, 0.6) is 0 Å². The number of carbonyl (C=O) groups is 1. The Labute approximate surface area is 174 Å². The lowest BCUT2D eigenvalue weighted by molar-refractivity contribution is -0.125. The number of anilines is 1. The Morgan fingerprint density at radius 3 is 2.97 bits per heavy atom. The summed E-state index contributed by atoms with van der Waals surface area (Å²) in [5.74, 6) is -0.456. The van der Waals surface area contributed by atoms with Gasteiger partial charge >= 0.3 is 0 Å². The molecule has 4 nitrogen and oxygen atoms in total. The first-order valence-corrected chi connectivity index (χ1v) is 9.80. The Morgan fingerprint density at radius 2 is 2.17 bits per heavy atom. The van der Waals surface area contributed by atoms with Crippen LogP contribution >= 0.6 is 11.6 Å². The average molecular weight is 410 g/mol. The minimum atomic E-state index is -0.499. The molecule has 1 aliphatic rings. The van der Waals surface area contributed by atoms with Crippen LogP contribution in [0.15, 0.2) is 61.3 Å². The average Bonchev–Trinajstić information content (AvgIpc) is 3.14. The first-order chi connectivity index (χ1) is 13.9. The molecule has 1 saturated heterocycles. The number of hydrogen-bond donors (Lipinski definition) is 1. The van der Waals surface area contributed by atoms with Crippen molar-refractivity contribution in [2.75, 3.05) is 18.4 Å². The van der Waals surface area contributed by atoms with E-state index in [1.807, 2.05) is 43.3 Å². The van der Waals surface area contributed by atoms with Gasteiger partial charge in [-0.1, -0.05) is 36.4 Å². The predicted octanol–water partition coefficient (Wildman–Crippen LogP) is 5.06. The number of hydrogen-bond acceptors (Lipinski definition) is 3. The quantitative estimate of drug-likeness (QED) is 0.612. The van der Waals surface area contributed by atoms with Crippen LogP contribution in [0.25, 0.3) is 10.9 Å². The van der Waals surface area contributed by atoms with Crippen molar-refractivity contribution < 1.29 is 9.18 Å². The molecule has 0 spiro atoms. The van der Waals surface area contributed by atoms with E-state index in [-0.39, 0.29) is 11.7 Å². The lowest BCUT2D eigenvalue weighted by atomic mass is 9.85. The van der Waals surface area contributed by atoms with Crippen LogP contribution in [0.2, 0.25) is 5.02 Å². The second-order valence-corrected chi connectivity index (χ2v) is 7.80. The number of nitrogens with one attached hydrogen (secondary N) is 1. The summed E-state index contributed by atoms with van der Waals surface area (Å²) in [6.07, 6.45) is 3.28. The highest BCUT2D eigenvalue weighted by molar-refractivity contribution is 6.31. The third kappa shape index (κ3) is 3.58. The van der Waals surface area contributed by atoms with Crippen molar-refractivity contribution >= 4 is 34.1 Å². The van der Waals surface area contributed by atoms with E-state index in [0.717, 1.165) is 28.6 Å². The Bertz CT molecular complexity index is 1120. The molecule has 0 unspecified atom stereocenters. The molecule has 0 radical (unpaired) electrons. The fourth-order valence-corrected chi connectivity index (χ4v) is 4.27. The first-order valence-electron chi connectivity index (χ1n) is 9.42. The molecule has 148 valence electrons. The van der Waals surface area contributed by atoms with Crippen molar-refractivity contribution in [2.24, 2.45) is 0 Å². The lowest BCUT2D eigenvalue weighted by Crippen LogP contribution is -2.40. The van der Waals surface area contributed by atoms with Crippen LogP contribution in [0, 0.1) is 12.7 Å². The van der Waals surface area contributed by atoms with E-state index in [4.69, 9.17) is 11.6 Å². The van der Waals surface area contributed by atoms with Gasteiger partial charge in [-0.2, -0.15) is 0 Å². The van der Waals surface area contributed by atoms with Crippen LogP contribution in [-0.4, -0.2) is 28.9 Å².